The SMILES string of the molecule is CC(=O)c1cnc(NC(=O)C2CCCO2)s1. The van der Waals surface area contributed by atoms with Gasteiger partial charge in [0.15, 0.2) is 10.9 Å². The third-order valence-electron chi connectivity index (χ3n) is 2.30. The number of hydrogen-bond donors (Lipinski definition) is 1. The highest BCUT2D eigenvalue weighted by molar-refractivity contribution is 7.17. The van der Waals surface area contributed by atoms with Crippen molar-refractivity contribution in [2.75, 3.05) is 11.9 Å². The fraction of sp³-hybridized carbons (Fsp3) is 0.500. The van der Waals surface area contributed by atoms with Gasteiger partial charge in [-0.1, -0.05) is 11.3 Å². The predicted octanol–water partition coefficient (Wildman–Crippen LogP) is 1.46. The molecule has 0 aliphatic carbocycles. The van der Waals surface area contributed by atoms with E-state index in [0.717, 1.165) is 12.8 Å². The molecule has 6 heteroatoms. The van der Waals surface area contributed by atoms with E-state index in [1.165, 1.54) is 24.5 Å². The molecule has 5 nitrogen and oxygen atoms in total. The maximum atomic E-state index is 11.6. The minimum Gasteiger partial charge on any atom is -0.368 e. The number of anilines is 1. The average molecular weight is 240 g/mol. The lowest BCUT2D eigenvalue weighted by atomic mass is 10.2. The maximum absolute atomic E-state index is 11.6. The van der Waals surface area contributed by atoms with Gasteiger partial charge >= 0.3 is 0 Å². The van der Waals surface area contributed by atoms with E-state index >= 15 is 0 Å². The highest BCUT2D eigenvalue weighted by atomic mass is 32.1. The number of nitrogens with zero attached hydrogens (tertiary/aromatic N) is 1. The van der Waals surface area contributed by atoms with E-state index in [9.17, 15) is 9.59 Å². The van der Waals surface area contributed by atoms with Gasteiger partial charge in [0.2, 0.25) is 0 Å². The Morgan fingerprint density at radius 3 is 3.00 bits per heavy atom. The number of ketones is 1. The number of nitrogens with one attached hydrogen (secondary N) is 1. The summed E-state index contributed by atoms with van der Waals surface area (Å²) < 4.78 is 5.24. The standard InChI is InChI=1S/C10H12N2O3S/c1-6(13)8-5-11-10(16-8)12-9(14)7-3-2-4-15-7/h5,7H,2-4H2,1H3,(H,11,12,14). The van der Waals surface area contributed by atoms with Crippen LogP contribution in [0.25, 0.3) is 0 Å². The largest absolute Gasteiger partial charge is 0.368 e. The van der Waals surface area contributed by atoms with Crippen molar-refractivity contribution in [1.82, 2.24) is 4.98 Å². The first kappa shape index (κ1) is 11.2. The lowest BCUT2D eigenvalue weighted by Gasteiger charge is -2.07. The molecule has 16 heavy (non-hydrogen) atoms. The van der Waals surface area contributed by atoms with Crippen LogP contribution in [0.15, 0.2) is 6.20 Å². The number of carbonyl (C=O) groups excluding carboxylic acids is 2. The Bertz CT molecular complexity index is 410. The van der Waals surface area contributed by atoms with E-state index in [0.29, 0.717) is 16.6 Å². The summed E-state index contributed by atoms with van der Waals surface area (Å²) in [6, 6.07) is 0. The van der Waals surface area contributed by atoms with Crippen LogP contribution in [-0.4, -0.2) is 29.4 Å². The van der Waals surface area contributed by atoms with E-state index in [2.05, 4.69) is 10.3 Å². The number of rotatable bonds is 3. The third kappa shape index (κ3) is 2.45. The molecule has 0 saturated carbocycles. The van der Waals surface area contributed by atoms with Gasteiger partial charge in [-0.3, -0.25) is 14.9 Å². The highest BCUT2D eigenvalue weighted by Gasteiger charge is 2.24. The monoisotopic (exact) mass is 240 g/mol. The van der Waals surface area contributed by atoms with E-state index in [-0.39, 0.29) is 17.8 Å². The van der Waals surface area contributed by atoms with Gasteiger partial charge in [0.1, 0.15) is 6.10 Å². The van der Waals surface area contributed by atoms with Crippen LogP contribution < -0.4 is 5.32 Å². The van der Waals surface area contributed by atoms with E-state index in [1.54, 1.807) is 0 Å². The summed E-state index contributed by atoms with van der Waals surface area (Å²) in [7, 11) is 0. The Labute approximate surface area is 96.8 Å². The maximum Gasteiger partial charge on any atom is 0.255 e. The van der Waals surface area contributed by atoms with Crippen molar-refractivity contribution in [3.63, 3.8) is 0 Å². The topological polar surface area (TPSA) is 68.3 Å². The second kappa shape index (κ2) is 4.71. The van der Waals surface area contributed by atoms with Crippen molar-refractivity contribution in [3.05, 3.63) is 11.1 Å². The second-order valence-corrected chi connectivity index (χ2v) is 4.61. The average Bonchev–Trinajstić information content (AvgIpc) is 2.87. The molecule has 1 aliphatic heterocycles. The first-order valence-corrected chi connectivity index (χ1v) is 5.87. The molecule has 1 unspecified atom stereocenters. The Kier molecular flexibility index (Phi) is 3.31. The number of carbonyl (C=O) groups is 2. The zero-order chi connectivity index (χ0) is 11.5. The molecule has 1 aromatic heterocycles. The number of aromatic nitrogens is 1. The van der Waals surface area contributed by atoms with Gasteiger partial charge in [-0.05, 0) is 12.8 Å². The molecule has 1 atom stereocenters. The van der Waals surface area contributed by atoms with E-state index in [4.69, 9.17) is 4.74 Å². The van der Waals surface area contributed by atoms with E-state index < -0.39 is 0 Å². The van der Waals surface area contributed by atoms with Crippen LogP contribution in [0.3, 0.4) is 0 Å². The Morgan fingerprint density at radius 2 is 2.44 bits per heavy atom. The Morgan fingerprint density at radius 1 is 1.62 bits per heavy atom. The number of ether oxygens (including phenoxy) is 1. The zero-order valence-corrected chi connectivity index (χ0v) is 9.67. The van der Waals surface area contributed by atoms with Crippen molar-refractivity contribution < 1.29 is 14.3 Å². The molecule has 0 spiro atoms. The smallest absolute Gasteiger partial charge is 0.255 e. The van der Waals surface area contributed by atoms with Crippen molar-refractivity contribution >= 4 is 28.2 Å². The molecule has 0 radical (unpaired) electrons. The minimum atomic E-state index is -0.371. The van der Waals surface area contributed by atoms with Gasteiger partial charge in [-0.2, -0.15) is 0 Å². The first-order valence-electron chi connectivity index (χ1n) is 5.06. The van der Waals surface area contributed by atoms with Crippen molar-refractivity contribution in [2.24, 2.45) is 0 Å². The quantitative estimate of drug-likeness (QED) is 0.812. The van der Waals surface area contributed by atoms with Crippen LogP contribution >= 0.6 is 11.3 Å². The van der Waals surface area contributed by atoms with Crippen LogP contribution in [0.4, 0.5) is 5.13 Å². The van der Waals surface area contributed by atoms with Crippen LogP contribution in [0.2, 0.25) is 0 Å². The lowest BCUT2D eigenvalue weighted by Crippen LogP contribution is -2.26. The number of thiazole rings is 1. The fourth-order valence-electron chi connectivity index (χ4n) is 1.46. The zero-order valence-electron chi connectivity index (χ0n) is 8.86. The molecule has 2 heterocycles. The van der Waals surface area contributed by atoms with Crippen molar-refractivity contribution in [1.29, 1.82) is 0 Å². The first-order chi connectivity index (χ1) is 7.66. The van der Waals surface area contributed by atoms with Crippen LogP contribution in [-0.2, 0) is 9.53 Å². The molecule has 1 N–H and O–H groups in total. The van der Waals surface area contributed by atoms with Gasteiger partial charge < -0.3 is 4.74 Å². The lowest BCUT2D eigenvalue weighted by molar-refractivity contribution is -0.124. The summed E-state index contributed by atoms with van der Waals surface area (Å²) in [5.41, 5.74) is 0. The summed E-state index contributed by atoms with van der Waals surface area (Å²) in [5, 5.41) is 3.10. The van der Waals surface area contributed by atoms with Crippen LogP contribution in [0, 0.1) is 0 Å². The van der Waals surface area contributed by atoms with Crippen LogP contribution in [0.5, 0.6) is 0 Å². The molecule has 1 amide bonds. The molecule has 1 aromatic rings. The molecule has 0 aromatic carbocycles. The summed E-state index contributed by atoms with van der Waals surface area (Å²) in [4.78, 5) is 27.2. The van der Waals surface area contributed by atoms with Gasteiger partial charge in [-0.25, -0.2) is 4.98 Å². The third-order valence-corrected chi connectivity index (χ3v) is 3.32. The second-order valence-electron chi connectivity index (χ2n) is 3.58. The fourth-order valence-corrected chi connectivity index (χ4v) is 2.18. The predicted molar refractivity (Wildman–Crippen MR) is 59.7 cm³/mol. The van der Waals surface area contributed by atoms with Crippen LogP contribution in [0.1, 0.15) is 29.4 Å². The van der Waals surface area contributed by atoms with E-state index in [1.807, 2.05) is 0 Å². The summed E-state index contributed by atoms with van der Waals surface area (Å²) in [6.07, 6.45) is 2.76. The molecule has 86 valence electrons. The van der Waals surface area contributed by atoms with Gasteiger partial charge in [0.25, 0.3) is 5.91 Å². The van der Waals surface area contributed by atoms with Gasteiger partial charge in [0.05, 0.1) is 11.1 Å². The number of Topliss-reactive ketones (excluding diaryl/α,β-unsaturated/α-hetero) is 1. The summed E-state index contributed by atoms with van der Waals surface area (Å²) in [5.74, 6) is -0.225. The molecule has 0 bridgehead atoms. The minimum absolute atomic E-state index is 0.0462. The van der Waals surface area contributed by atoms with Crippen molar-refractivity contribution in [3.8, 4) is 0 Å². The van der Waals surface area contributed by atoms with Gasteiger partial charge in [-0.15, -0.1) is 0 Å². The number of hydrogen-bond acceptors (Lipinski definition) is 5. The Hall–Kier alpha value is -1.27. The van der Waals surface area contributed by atoms with Crippen molar-refractivity contribution in [2.45, 2.75) is 25.9 Å². The molecular formula is C10H12N2O3S. The highest BCUT2D eigenvalue weighted by Crippen LogP contribution is 2.20. The summed E-state index contributed by atoms with van der Waals surface area (Å²) in [6.45, 7) is 2.11. The van der Waals surface area contributed by atoms with Gasteiger partial charge in [0, 0.05) is 13.5 Å². The summed E-state index contributed by atoms with van der Waals surface area (Å²) >= 11 is 1.18. The molecular weight excluding hydrogens is 228 g/mol. The molecule has 1 aliphatic rings. The molecule has 1 fully saturated rings. The molecule has 2 rings (SSSR count). The number of amides is 1. The molecule has 1 saturated heterocycles. The normalized spacial score (nSPS) is 19.7. The Balaban J connectivity index is 1.97.